The van der Waals surface area contributed by atoms with Crippen molar-refractivity contribution in [1.82, 2.24) is 4.90 Å². The maximum absolute atomic E-state index is 12.3. The topological polar surface area (TPSA) is 73.6 Å². The molecular weight excluding hydrogens is 244 g/mol. The van der Waals surface area contributed by atoms with Gasteiger partial charge in [0, 0.05) is 18.2 Å². The SMILES string of the molecule is COc1ccc(C(=O)N(CCC#N)C(C)C)cc1O. The summed E-state index contributed by atoms with van der Waals surface area (Å²) < 4.78 is 4.93. The minimum absolute atomic E-state index is 0.00917. The molecule has 0 aliphatic rings. The lowest BCUT2D eigenvalue weighted by Crippen LogP contribution is -2.37. The van der Waals surface area contributed by atoms with Crippen LogP contribution in [-0.2, 0) is 0 Å². The molecule has 0 unspecified atom stereocenters. The molecule has 5 nitrogen and oxygen atoms in total. The number of hydrogen-bond acceptors (Lipinski definition) is 4. The molecule has 0 radical (unpaired) electrons. The highest BCUT2D eigenvalue weighted by Gasteiger charge is 2.19. The van der Waals surface area contributed by atoms with Gasteiger partial charge in [0.15, 0.2) is 11.5 Å². The molecule has 0 saturated heterocycles. The van der Waals surface area contributed by atoms with Crippen LogP contribution in [0.4, 0.5) is 0 Å². The van der Waals surface area contributed by atoms with E-state index in [0.29, 0.717) is 17.9 Å². The molecule has 0 fully saturated rings. The van der Waals surface area contributed by atoms with Crippen molar-refractivity contribution in [2.75, 3.05) is 13.7 Å². The number of carbonyl (C=O) groups is 1. The highest BCUT2D eigenvalue weighted by atomic mass is 16.5. The average Bonchev–Trinajstić information content (AvgIpc) is 2.38. The second kappa shape index (κ2) is 6.64. The summed E-state index contributed by atoms with van der Waals surface area (Å²) in [5.41, 5.74) is 0.380. The van der Waals surface area contributed by atoms with Crippen molar-refractivity contribution in [1.29, 1.82) is 5.26 Å². The monoisotopic (exact) mass is 262 g/mol. The van der Waals surface area contributed by atoms with Gasteiger partial charge in [0.25, 0.3) is 5.91 Å². The molecule has 1 aromatic rings. The first-order valence-corrected chi connectivity index (χ1v) is 6.06. The molecule has 19 heavy (non-hydrogen) atoms. The summed E-state index contributed by atoms with van der Waals surface area (Å²) in [5.74, 6) is 0.0465. The molecular formula is C14H18N2O3. The van der Waals surface area contributed by atoms with Crippen LogP contribution in [0, 0.1) is 11.3 Å². The Morgan fingerprint density at radius 3 is 2.68 bits per heavy atom. The van der Waals surface area contributed by atoms with Gasteiger partial charge < -0.3 is 14.7 Å². The minimum Gasteiger partial charge on any atom is -0.504 e. The first kappa shape index (κ1) is 14.8. The van der Waals surface area contributed by atoms with Gasteiger partial charge in [-0.25, -0.2) is 0 Å². The van der Waals surface area contributed by atoms with Gasteiger partial charge >= 0.3 is 0 Å². The van der Waals surface area contributed by atoms with E-state index in [2.05, 4.69) is 0 Å². The van der Waals surface area contributed by atoms with E-state index >= 15 is 0 Å². The van der Waals surface area contributed by atoms with Gasteiger partial charge in [-0.1, -0.05) is 0 Å². The van der Waals surface area contributed by atoms with Gasteiger partial charge in [-0.3, -0.25) is 4.79 Å². The van der Waals surface area contributed by atoms with Crippen molar-refractivity contribution < 1.29 is 14.6 Å². The number of nitrogens with zero attached hydrogens (tertiary/aromatic N) is 2. The molecule has 102 valence electrons. The lowest BCUT2D eigenvalue weighted by molar-refractivity contribution is 0.0709. The van der Waals surface area contributed by atoms with E-state index in [-0.39, 0.29) is 24.1 Å². The van der Waals surface area contributed by atoms with Crippen molar-refractivity contribution in [2.45, 2.75) is 26.3 Å². The van der Waals surface area contributed by atoms with E-state index < -0.39 is 0 Å². The number of phenols is 1. The molecule has 0 saturated carbocycles. The molecule has 1 amide bonds. The van der Waals surface area contributed by atoms with Crippen LogP contribution in [0.25, 0.3) is 0 Å². The van der Waals surface area contributed by atoms with Crippen LogP contribution >= 0.6 is 0 Å². The van der Waals surface area contributed by atoms with Crippen molar-refractivity contribution in [3.05, 3.63) is 23.8 Å². The predicted molar refractivity (Wildman–Crippen MR) is 71.1 cm³/mol. The van der Waals surface area contributed by atoms with Crippen molar-refractivity contribution >= 4 is 5.91 Å². The number of carbonyl (C=O) groups excluding carboxylic acids is 1. The zero-order chi connectivity index (χ0) is 14.4. The fourth-order valence-corrected chi connectivity index (χ4v) is 1.75. The van der Waals surface area contributed by atoms with Gasteiger partial charge in [0.2, 0.25) is 0 Å². The summed E-state index contributed by atoms with van der Waals surface area (Å²) in [7, 11) is 1.45. The molecule has 0 atom stereocenters. The third-order valence-corrected chi connectivity index (χ3v) is 2.77. The molecule has 0 spiro atoms. The zero-order valence-electron chi connectivity index (χ0n) is 11.4. The number of ether oxygens (including phenoxy) is 1. The molecule has 0 bridgehead atoms. The summed E-state index contributed by atoms with van der Waals surface area (Å²) in [6.07, 6.45) is 0.284. The second-order valence-electron chi connectivity index (χ2n) is 4.39. The first-order chi connectivity index (χ1) is 9.01. The first-order valence-electron chi connectivity index (χ1n) is 6.06. The zero-order valence-corrected chi connectivity index (χ0v) is 11.4. The number of aromatic hydroxyl groups is 1. The van der Waals surface area contributed by atoms with E-state index in [0.717, 1.165) is 0 Å². The van der Waals surface area contributed by atoms with Crippen LogP contribution in [0.15, 0.2) is 18.2 Å². The summed E-state index contributed by atoms with van der Waals surface area (Å²) in [6.45, 7) is 4.15. The van der Waals surface area contributed by atoms with E-state index in [9.17, 15) is 9.90 Å². The van der Waals surface area contributed by atoms with Crippen molar-refractivity contribution in [2.24, 2.45) is 0 Å². The van der Waals surface area contributed by atoms with Crippen LogP contribution in [-0.4, -0.2) is 35.6 Å². The third kappa shape index (κ3) is 3.62. The lowest BCUT2D eigenvalue weighted by atomic mass is 10.1. The van der Waals surface area contributed by atoms with E-state index in [1.165, 1.54) is 13.2 Å². The highest BCUT2D eigenvalue weighted by molar-refractivity contribution is 5.95. The van der Waals surface area contributed by atoms with Gasteiger partial charge in [-0.05, 0) is 32.0 Å². The Balaban J connectivity index is 2.97. The van der Waals surface area contributed by atoms with Crippen LogP contribution in [0.3, 0.4) is 0 Å². The molecule has 1 N–H and O–H groups in total. The van der Waals surface area contributed by atoms with Gasteiger partial charge in [-0.15, -0.1) is 0 Å². The van der Waals surface area contributed by atoms with E-state index in [4.69, 9.17) is 10.00 Å². The maximum atomic E-state index is 12.3. The largest absolute Gasteiger partial charge is 0.504 e. The Hall–Kier alpha value is -2.22. The number of amides is 1. The van der Waals surface area contributed by atoms with Crippen LogP contribution in [0.1, 0.15) is 30.6 Å². The standard InChI is InChI=1S/C14H18N2O3/c1-10(2)16(8-4-7-15)14(18)11-5-6-13(19-3)12(17)9-11/h5-6,9-10,17H,4,8H2,1-3H3. The summed E-state index contributed by atoms with van der Waals surface area (Å²) in [5, 5.41) is 18.3. The van der Waals surface area contributed by atoms with Crippen LogP contribution < -0.4 is 4.74 Å². The van der Waals surface area contributed by atoms with Crippen molar-refractivity contribution in [3.8, 4) is 17.6 Å². The average molecular weight is 262 g/mol. The Kier molecular flexibility index (Phi) is 5.19. The minimum atomic E-state index is -0.205. The van der Waals surface area contributed by atoms with Crippen LogP contribution in [0.2, 0.25) is 0 Å². The molecule has 1 aromatic carbocycles. The molecule has 0 aliphatic carbocycles. The Morgan fingerprint density at radius 2 is 2.21 bits per heavy atom. The van der Waals surface area contributed by atoms with Crippen LogP contribution in [0.5, 0.6) is 11.5 Å². The predicted octanol–water partition coefficient (Wildman–Crippen LogP) is 2.17. The Bertz CT molecular complexity index is 492. The van der Waals surface area contributed by atoms with E-state index in [1.54, 1.807) is 17.0 Å². The summed E-state index contributed by atoms with van der Waals surface area (Å²) in [4.78, 5) is 13.9. The second-order valence-corrected chi connectivity index (χ2v) is 4.39. The number of phenolic OH excluding ortho intramolecular Hbond substituents is 1. The number of benzene rings is 1. The fourth-order valence-electron chi connectivity index (χ4n) is 1.75. The number of rotatable bonds is 5. The number of methoxy groups -OCH3 is 1. The van der Waals surface area contributed by atoms with Gasteiger partial charge in [0.1, 0.15) is 0 Å². The van der Waals surface area contributed by atoms with Gasteiger partial charge in [-0.2, -0.15) is 5.26 Å². The Morgan fingerprint density at radius 1 is 1.53 bits per heavy atom. The molecule has 0 aromatic heterocycles. The Labute approximate surface area is 113 Å². The van der Waals surface area contributed by atoms with Gasteiger partial charge in [0.05, 0.1) is 19.6 Å². The molecule has 1 rings (SSSR count). The summed E-state index contributed by atoms with van der Waals surface area (Å²) >= 11 is 0. The molecule has 0 heterocycles. The van der Waals surface area contributed by atoms with Crippen molar-refractivity contribution in [3.63, 3.8) is 0 Å². The highest BCUT2D eigenvalue weighted by Crippen LogP contribution is 2.27. The summed E-state index contributed by atoms with van der Waals surface area (Å²) in [6, 6.07) is 6.54. The smallest absolute Gasteiger partial charge is 0.254 e. The number of nitriles is 1. The lowest BCUT2D eigenvalue weighted by Gasteiger charge is -2.26. The van der Waals surface area contributed by atoms with E-state index in [1.807, 2.05) is 19.9 Å². The molecule has 0 aliphatic heterocycles. The quantitative estimate of drug-likeness (QED) is 0.882. The maximum Gasteiger partial charge on any atom is 0.254 e. The number of hydrogen-bond donors (Lipinski definition) is 1. The normalized spacial score (nSPS) is 10.1. The molecule has 5 heteroatoms. The third-order valence-electron chi connectivity index (χ3n) is 2.77. The fraction of sp³-hybridized carbons (Fsp3) is 0.429.